The van der Waals surface area contributed by atoms with Crippen molar-refractivity contribution < 1.29 is 8.81 Å². The van der Waals surface area contributed by atoms with Crippen LogP contribution in [0.5, 0.6) is 0 Å². The van der Waals surface area contributed by atoms with Gasteiger partial charge in [-0.15, -0.1) is 10.2 Å². The summed E-state index contributed by atoms with van der Waals surface area (Å²) in [7, 11) is 0. The summed E-state index contributed by atoms with van der Waals surface area (Å²) >= 11 is 3.14. The summed E-state index contributed by atoms with van der Waals surface area (Å²) in [5, 5.41) is 11.3. The van der Waals surface area contributed by atoms with Crippen molar-refractivity contribution in [1.29, 1.82) is 0 Å². The SMILES string of the molecule is CCCNCCCc1nnc(-c2ccc(F)c(Br)c2)o1. The minimum atomic E-state index is -0.310. The molecule has 0 spiro atoms. The summed E-state index contributed by atoms with van der Waals surface area (Å²) in [6.45, 7) is 4.10. The van der Waals surface area contributed by atoms with E-state index in [0.717, 1.165) is 32.4 Å². The molecule has 0 aliphatic rings. The van der Waals surface area contributed by atoms with E-state index in [4.69, 9.17) is 4.42 Å². The van der Waals surface area contributed by atoms with Crippen molar-refractivity contribution in [2.75, 3.05) is 13.1 Å². The van der Waals surface area contributed by atoms with E-state index >= 15 is 0 Å². The lowest BCUT2D eigenvalue weighted by atomic mass is 10.2. The van der Waals surface area contributed by atoms with Crippen LogP contribution in [0.15, 0.2) is 27.1 Å². The van der Waals surface area contributed by atoms with E-state index in [-0.39, 0.29) is 5.82 Å². The first-order valence-electron chi connectivity index (χ1n) is 6.69. The molecule has 0 amide bonds. The number of nitrogens with one attached hydrogen (secondary N) is 1. The maximum Gasteiger partial charge on any atom is 0.247 e. The third-order valence-electron chi connectivity index (χ3n) is 2.80. The Bertz CT molecular complexity index is 559. The fraction of sp³-hybridized carbons (Fsp3) is 0.429. The van der Waals surface area contributed by atoms with E-state index in [2.05, 4.69) is 38.4 Å². The Morgan fingerprint density at radius 3 is 2.90 bits per heavy atom. The monoisotopic (exact) mass is 341 g/mol. The molecule has 108 valence electrons. The lowest BCUT2D eigenvalue weighted by Crippen LogP contribution is -2.16. The number of hydrogen-bond acceptors (Lipinski definition) is 4. The molecule has 0 radical (unpaired) electrons. The van der Waals surface area contributed by atoms with E-state index in [1.807, 2.05) is 0 Å². The van der Waals surface area contributed by atoms with Gasteiger partial charge in [-0.05, 0) is 60.1 Å². The van der Waals surface area contributed by atoms with Crippen molar-refractivity contribution >= 4 is 15.9 Å². The van der Waals surface area contributed by atoms with Gasteiger partial charge in [-0.2, -0.15) is 0 Å². The number of nitrogens with zero attached hydrogens (tertiary/aromatic N) is 2. The van der Waals surface area contributed by atoms with Crippen LogP contribution in [-0.2, 0) is 6.42 Å². The first kappa shape index (κ1) is 15.1. The Morgan fingerprint density at radius 1 is 1.30 bits per heavy atom. The molecule has 0 fully saturated rings. The summed E-state index contributed by atoms with van der Waals surface area (Å²) in [6, 6.07) is 4.63. The topological polar surface area (TPSA) is 51.0 Å². The average Bonchev–Trinajstić information content (AvgIpc) is 2.90. The van der Waals surface area contributed by atoms with Gasteiger partial charge < -0.3 is 9.73 Å². The fourth-order valence-corrected chi connectivity index (χ4v) is 2.15. The van der Waals surface area contributed by atoms with E-state index in [9.17, 15) is 4.39 Å². The average molecular weight is 342 g/mol. The third kappa shape index (κ3) is 4.11. The molecule has 1 aromatic carbocycles. The van der Waals surface area contributed by atoms with Gasteiger partial charge in [-0.1, -0.05) is 6.92 Å². The summed E-state index contributed by atoms with van der Waals surface area (Å²) in [6.07, 6.45) is 2.82. The zero-order valence-electron chi connectivity index (χ0n) is 11.3. The van der Waals surface area contributed by atoms with Crippen LogP contribution < -0.4 is 5.32 Å². The van der Waals surface area contributed by atoms with E-state index in [1.54, 1.807) is 12.1 Å². The highest BCUT2D eigenvalue weighted by atomic mass is 79.9. The molecule has 2 rings (SSSR count). The molecule has 0 bridgehead atoms. The molecular formula is C14H17BrFN3O. The Labute approximate surface area is 125 Å². The van der Waals surface area contributed by atoms with E-state index in [1.165, 1.54) is 6.07 Å². The summed E-state index contributed by atoms with van der Waals surface area (Å²) in [5.74, 6) is 0.719. The summed E-state index contributed by atoms with van der Waals surface area (Å²) < 4.78 is 19.1. The lowest BCUT2D eigenvalue weighted by molar-refractivity contribution is 0.491. The van der Waals surface area contributed by atoms with Crippen LogP contribution >= 0.6 is 15.9 Å². The second kappa shape index (κ2) is 7.50. The Kier molecular flexibility index (Phi) is 5.67. The molecule has 20 heavy (non-hydrogen) atoms. The molecule has 0 saturated heterocycles. The summed E-state index contributed by atoms with van der Waals surface area (Å²) in [5.41, 5.74) is 0.709. The maximum atomic E-state index is 13.2. The van der Waals surface area contributed by atoms with Crippen molar-refractivity contribution in [3.63, 3.8) is 0 Å². The van der Waals surface area contributed by atoms with Crippen molar-refractivity contribution in [3.05, 3.63) is 34.4 Å². The van der Waals surface area contributed by atoms with E-state index in [0.29, 0.717) is 21.8 Å². The van der Waals surface area contributed by atoms with Gasteiger partial charge in [0, 0.05) is 12.0 Å². The van der Waals surface area contributed by atoms with Gasteiger partial charge in [0.15, 0.2) is 0 Å². The summed E-state index contributed by atoms with van der Waals surface area (Å²) in [4.78, 5) is 0. The largest absolute Gasteiger partial charge is 0.421 e. The van der Waals surface area contributed by atoms with Crippen molar-refractivity contribution in [3.8, 4) is 11.5 Å². The number of aromatic nitrogens is 2. The molecule has 0 aliphatic heterocycles. The van der Waals surface area contributed by atoms with Crippen LogP contribution in [0, 0.1) is 5.82 Å². The van der Waals surface area contributed by atoms with Crippen LogP contribution in [-0.4, -0.2) is 23.3 Å². The molecule has 1 N–H and O–H groups in total. The molecule has 0 atom stereocenters. The fourth-order valence-electron chi connectivity index (χ4n) is 1.77. The second-order valence-corrected chi connectivity index (χ2v) is 5.34. The Hall–Kier alpha value is -1.27. The number of aryl methyl sites for hydroxylation is 1. The molecule has 0 aliphatic carbocycles. The maximum absolute atomic E-state index is 13.2. The normalized spacial score (nSPS) is 10.9. The third-order valence-corrected chi connectivity index (χ3v) is 3.41. The predicted molar refractivity (Wildman–Crippen MR) is 78.9 cm³/mol. The molecule has 0 unspecified atom stereocenters. The molecular weight excluding hydrogens is 325 g/mol. The van der Waals surface area contributed by atoms with Gasteiger partial charge in [-0.25, -0.2) is 4.39 Å². The van der Waals surface area contributed by atoms with Gasteiger partial charge in [0.05, 0.1) is 4.47 Å². The van der Waals surface area contributed by atoms with Crippen LogP contribution in [0.3, 0.4) is 0 Å². The van der Waals surface area contributed by atoms with Gasteiger partial charge in [0.25, 0.3) is 0 Å². The quantitative estimate of drug-likeness (QED) is 0.782. The van der Waals surface area contributed by atoms with Gasteiger partial charge in [-0.3, -0.25) is 0 Å². The minimum absolute atomic E-state index is 0.310. The van der Waals surface area contributed by atoms with Crippen molar-refractivity contribution in [1.82, 2.24) is 15.5 Å². The Morgan fingerprint density at radius 2 is 2.15 bits per heavy atom. The molecule has 6 heteroatoms. The number of hydrogen-bond donors (Lipinski definition) is 1. The standard InChI is InChI=1S/C14H17BrFN3O/c1-2-7-17-8-3-4-13-18-19-14(20-13)10-5-6-12(16)11(15)9-10/h5-6,9,17H,2-4,7-8H2,1H3. The number of rotatable bonds is 7. The molecule has 1 heterocycles. The lowest BCUT2D eigenvalue weighted by Gasteiger charge is -2.00. The first-order valence-corrected chi connectivity index (χ1v) is 7.48. The number of benzene rings is 1. The zero-order valence-corrected chi connectivity index (χ0v) is 12.9. The second-order valence-electron chi connectivity index (χ2n) is 4.48. The highest BCUT2D eigenvalue weighted by Crippen LogP contribution is 2.24. The molecule has 4 nitrogen and oxygen atoms in total. The first-order chi connectivity index (χ1) is 9.70. The predicted octanol–water partition coefficient (Wildman–Crippen LogP) is 3.57. The van der Waals surface area contributed by atoms with E-state index < -0.39 is 0 Å². The smallest absolute Gasteiger partial charge is 0.247 e. The van der Waals surface area contributed by atoms with Gasteiger partial charge in [0.2, 0.25) is 11.8 Å². The molecule has 1 aromatic heterocycles. The van der Waals surface area contributed by atoms with Crippen LogP contribution in [0.4, 0.5) is 4.39 Å². The van der Waals surface area contributed by atoms with Gasteiger partial charge in [0.1, 0.15) is 5.82 Å². The highest BCUT2D eigenvalue weighted by molar-refractivity contribution is 9.10. The number of halogens is 2. The van der Waals surface area contributed by atoms with Crippen LogP contribution in [0.1, 0.15) is 25.7 Å². The van der Waals surface area contributed by atoms with Crippen LogP contribution in [0.2, 0.25) is 0 Å². The van der Waals surface area contributed by atoms with Gasteiger partial charge >= 0.3 is 0 Å². The highest BCUT2D eigenvalue weighted by Gasteiger charge is 2.10. The van der Waals surface area contributed by atoms with Crippen LogP contribution in [0.25, 0.3) is 11.5 Å². The molecule has 2 aromatic rings. The van der Waals surface area contributed by atoms with Crippen molar-refractivity contribution in [2.24, 2.45) is 0 Å². The Balaban J connectivity index is 1.93. The molecule has 0 saturated carbocycles. The van der Waals surface area contributed by atoms with Crippen molar-refractivity contribution in [2.45, 2.75) is 26.2 Å². The minimum Gasteiger partial charge on any atom is -0.421 e. The zero-order chi connectivity index (χ0) is 14.4.